The number of rotatable bonds is 8. The number of nitrogens with zero attached hydrogens (tertiary/aromatic N) is 1. The molecule has 0 spiro atoms. The van der Waals surface area contributed by atoms with Crippen LogP contribution in [0.3, 0.4) is 0 Å². The SMILES string of the molecule is CCOc1ccc(/C=N/OCC(=O)Nc2ccc(C(N)=O)cc2)cc1. The van der Waals surface area contributed by atoms with E-state index < -0.39 is 5.91 Å². The highest BCUT2D eigenvalue weighted by Gasteiger charge is 2.04. The highest BCUT2D eigenvalue weighted by atomic mass is 16.6. The third-order valence-corrected chi connectivity index (χ3v) is 3.12. The Kier molecular flexibility index (Phi) is 6.53. The Balaban J connectivity index is 1.76. The number of carbonyl (C=O) groups excluding carboxylic acids is 2. The van der Waals surface area contributed by atoms with Gasteiger partial charge in [0.15, 0.2) is 6.61 Å². The van der Waals surface area contributed by atoms with E-state index in [1.165, 1.54) is 18.3 Å². The lowest BCUT2D eigenvalue weighted by Crippen LogP contribution is -2.17. The minimum absolute atomic E-state index is 0.231. The lowest BCUT2D eigenvalue weighted by Gasteiger charge is -2.05. The molecule has 2 amide bonds. The maximum atomic E-state index is 11.7. The second-order valence-electron chi connectivity index (χ2n) is 5.00. The Morgan fingerprint density at radius 1 is 1.12 bits per heavy atom. The summed E-state index contributed by atoms with van der Waals surface area (Å²) >= 11 is 0. The van der Waals surface area contributed by atoms with Gasteiger partial charge < -0.3 is 20.6 Å². The Labute approximate surface area is 145 Å². The first kappa shape index (κ1) is 18.0. The first-order chi connectivity index (χ1) is 12.1. The highest BCUT2D eigenvalue weighted by molar-refractivity contribution is 5.95. The standard InChI is InChI=1S/C18H19N3O4/c1-2-24-16-9-3-13(4-10-16)11-20-25-12-17(22)21-15-7-5-14(6-8-15)18(19)23/h3-11H,2,12H2,1H3,(H2,19,23)(H,21,22)/b20-11+. The summed E-state index contributed by atoms with van der Waals surface area (Å²) in [5.74, 6) is -0.109. The number of anilines is 1. The van der Waals surface area contributed by atoms with Gasteiger partial charge in [0.1, 0.15) is 5.75 Å². The van der Waals surface area contributed by atoms with Crippen molar-refractivity contribution in [1.82, 2.24) is 0 Å². The highest BCUT2D eigenvalue weighted by Crippen LogP contribution is 2.11. The lowest BCUT2D eigenvalue weighted by molar-refractivity contribution is -0.120. The van der Waals surface area contributed by atoms with Crippen molar-refractivity contribution in [3.05, 3.63) is 59.7 Å². The number of ether oxygens (including phenoxy) is 1. The van der Waals surface area contributed by atoms with Crippen molar-refractivity contribution in [3.8, 4) is 5.75 Å². The molecule has 25 heavy (non-hydrogen) atoms. The molecule has 0 unspecified atom stereocenters. The van der Waals surface area contributed by atoms with Crippen LogP contribution in [-0.4, -0.2) is 31.2 Å². The monoisotopic (exact) mass is 341 g/mol. The molecule has 0 radical (unpaired) electrons. The van der Waals surface area contributed by atoms with Gasteiger partial charge in [0.25, 0.3) is 5.91 Å². The second kappa shape index (κ2) is 9.07. The van der Waals surface area contributed by atoms with Crippen LogP contribution in [0.25, 0.3) is 0 Å². The Bertz CT molecular complexity index is 740. The molecule has 7 nitrogen and oxygen atoms in total. The van der Waals surface area contributed by atoms with Crippen LogP contribution in [-0.2, 0) is 9.63 Å². The van der Waals surface area contributed by atoms with Crippen LogP contribution in [0, 0.1) is 0 Å². The molecule has 2 aromatic rings. The van der Waals surface area contributed by atoms with Gasteiger partial charge in [-0.1, -0.05) is 5.16 Å². The molecule has 0 saturated carbocycles. The number of hydrogen-bond acceptors (Lipinski definition) is 5. The molecule has 0 atom stereocenters. The number of nitrogens with one attached hydrogen (secondary N) is 1. The van der Waals surface area contributed by atoms with E-state index in [4.69, 9.17) is 15.3 Å². The van der Waals surface area contributed by atoms with Gasteiger partial charge in [-0.15, -0.1) is 0 Å². The molecular weight excluding hydrogens is 322 g/mol. The first-order valence-corrected chi connectivity index (χ1v) is 7.66. The average Bonchev–Trinajstić information content (AvgIpc) is 2.61. The molecule has 2 aromatic carbocycles. The van der Waals surface area contributed by atoms with E-state index >= 15 is 0 Å². The zero-order chi connectivity index (χ0) is 18.1. The van der Waals surface area contributed by atoms with E-state index in [1.807, 2.05) is 31.2 Å². The fraction of sp³-hybridized carbons (Fsp3) is 0.167. The zero-order valence-corrected chi connectivity index (χ0v) is 13.8. The second-order valence-corrected chi connectivity index (χ2v) is 5.00. The Hall–Kier alpha value is -3.35. The van der Waals surface area contributed by atoms with Crippen LogP contribution in [0.2, 0.25) is 0 Å². The summed E-state index contributed by atoms with van der Waals surface area (Å²) in [6.45, 7) is 2.29. The van der Waals surface area contributed by atoms with Crippen molar-refractivity contribution in [2.24, 2.45) is 10.9 Å². The summed E-state index contributed by atoms with van der Waals surface area (Å²) in [6.07, 6.45) is 1.50. The van der Waals surface area contributed by atoms with E-state index in [9.17, 15) is 9.59 Å². The van der Waals surface area contributed by atoms with Crippen molar-refractivity contribution in [2.75, 3.05) is 18.5 Å². The molecule has 130 valence electrons. The van der Waals surface area contributed by atoms with Crippen molar-refractivity contribution in [1.29, 1.82) is 0 Å². The van der Waals surface area contributed by atoms with Crippen LogP contribution in [0.4, 0.5) is 5.69 Å². The predicted molar refractivity (Wildman–Crippen MR) is 94.7 cm³/mol. The third-order valence-electron chi connectivity index (χ3n) is 3.12. The average molecular weight is 341 g/mol. The number of nitrogens with two attached hydrogens (primary N) is 1. The number of oxime groups is 1. The van der Waals surface area contributed by atoms with Crippen LogP contribution in [0.5, 0.6) is 5.75 Å². The minimum Gasteiger partial charge on any atom is -0.494 e. The molecule has 0 aliphatic heterocycles. The minimum atomic E-state index is -0.523. The summed E-state index contributed by atoms with van der Waals surface area (Å²) in [4.78, 5) is 27.7. The normalized spacial score (nSPS) is 10.4. The van der Waals surface area contributed by atoms with Crippen LogP contribution >= 0.6 is 0 Å². The first-order valence-electron chi connectivity index (χ1n) is 7.66. The fourth-order valence-electron chi connectivity index (χ4n) is 1.93. The molecule has 2 rings (SSSR count). The topological polar surface area (TPSA) is 103 Å². The van der Waals surface area contributed by atoms with E-state index in [0.717, 1.165) is 11.3 Å². The Morgan fingerprint density at radius 3 is 2.40 bits per heavy atom. The summed E-state index contributed by atoms with van der Waals surface area (Å²) in [7, 11) is 0. The van der Waals surface area contributed by atoms with Gasteiger partial charge in [0.05, 0.1) is 12.8 Å². The largest absolute Gasteiger partial charge is 0.494 e. The summed E-state index contributed by atoms with van der Waals surface area (Å²) in [6, 6.07) is 13.5. The van der Waals surface area contributed by atoms with E-state index in [1.54, 1.807) is 12.1 Å². The summed E-state index contributed by atoms with van der Waals surface area (Å²) in [5, 5.41) is 6.37. The quantitative estimate of drug-likeness (QED) is 0.567. The smallest absolute Gasteiger partial charge is 0.265 e. The van der Waals surface area contributed by atoms with Crippen molar-refractivity contribution >= 4 is 23.7 Å². The molecule has 3 N–H and O–H groups in total. The Morgan fingerprint density at radius 2 is 1.80 bits per heavy atom. The van der Waals surface area contributed by atoms with Gasteiger partial charge >= 0.3 is 0 Å². The van der Waals surface area contributed by atoms with Gasteiger partial charge in [-0.3, -0.25) is 9.59 Å². The van der Waals surface area contributed by atoms with Gasteiger partial charge in [0.2, 0.25) is 5.91 Å². The molecule has 0 fully saturated rings. The third kappa shape index (κ3) is 5.98. The van der Waals surface area contributed by atoms with Crippen LogP contribution in [0.1, 0.15) is 22.8 Å². The lowest BCUT2D eigenvalue weighted by atomic mass is 10.2. The van der Waals surface area contributed by atoms with Crippen molar-refractivity contribution in [2.45, 2.75) is 6.92 Å². The zero-order valence-electron chi connectivity index (χ0n) is 13.8. The number of amides is 2. The molecule has 0 saturated heterocycles. The molecule has 0 aromatic heterocycles. The van der Waals surface area contributed by atoms with Crippen LogP contribution in [0.15, 0.2) is 53.7 Å². The van der Waals surface area contributed by atoms with E-state index in [2.05, 4.69) is 10.5 Å². The fourth-order valence-corrected chi connectivity index (χ4v) is 1.93. The van der Waals surface area contributed by atoms with E-state index in [0.29, 0.717) is 17.9 Å². The van der Waals surface area contributed by atoms with Gasteiger partial charge in [-0.2, -0.15) is 0 Å². The van der Waals surface area contributed by atoms with Gasteiger partial charge in [0, 0.05) is 11.3 Å². The maximum Gasteiger partial charge on any atom is 0.265 e. The van der Waals surface area contributed by atoms with E-state index in [-0.39, 0.29) is 12.5 Å². The molecule has 0 bridgehead atoms. The van der Waals surface area contributed by atoms with Gasteiger partial charge in [-0.25, -0.2) is 0 Å². The van der Waals surface area contributed by atoms with Crippen LogP contribution < -0.4 is 15.8 Å². The number of carbonyl (C=O) groups is 2. The maximum absolute atomic E-state index is 11.7. The van der Waals surface area contributed by atoms with Crippen molar-refractivity contribution in [3.63, 3.8) is 0 Å². The molecular formula is C18H19N3O4. The predicted octanol–water partition coefficient (Wildman–Crippen LogP) is 2.17. The molecule has 0 aliphatic carbocycles. The number of primary amides is 1. The molecule has 0 aliphatic rings. The summed E-state index contributed by atoms with van der Waals surface area (Å²) in [5.41, 5.74) is 6.88. The molecule has 0 heterocycles. The van der Waals surface area contributed by atoms with Gasteiger partial charge in [-0.05, 0) is 61.0 Å². The van der Waals surface area contributed by atoms with Crippen molar-refractivity contribution < 1.29 is 19.2 Å². The summed E-state index contributed by atoms with van der Waals surface area (Å²) < 4.78 is 5.34. The molecule has 7 heteroatoms. The number of hydrogen-bond donors (Lipinski definition) is 2. The number of benzene rings is 2.